The molecule has 0 amide bonds. The summed E-state index contributed by atoms with van der Waals surface area (Å²) >= 11 is 0. The van der Waals surface area contributed by atoms with E-state index in [9.17, 15) is 0 Å². The summed E-state index contributed by atoms with van der Waals surface area (Å²) in [5.41, 5.74) is 6.54. The predicted molar refractivity (Wildman–Crippen MR) is 70.0 cm³/mol. The number of hydrogen-bond donors (Lipinski definition) is 1. The molecule has 4 heteroatoms. The van der Waals surface area contributed by atoms with E-state index >= 15 is 0 Å². The van der Waals surface area contributed by atoms with Gasteiger partial charge in [-0.3, -0.25) is 4.90 Å². The van der Waals surface area contributed by atoms with Crippen LogP contribution in [-0.4, -0.2) is 79.6 Å². The van der Waals surface area contributed by atoms with Crippen LogP contribution in [0.5, 0.6) is 0 Å². The van der Waals surface area contributed by atoms with Gasteiger partial charge in [-0.1, -0.05) is 0 Å². The van der Waals surface area contributed by atoms with Crippen molar-refractivity contribution < 1.29 is 0 Å². The highest BCUT2D eigenvalue weighted by atomic mass is 15.3. The van der Waals surface area contributed by atoms with Gasteiger partial charge in [0.05, 0.1) is 0 Å². The van der Waals surface area contributed by atoms with Crippen molar-refractivity contribution in [1.29, 1.82) is 0 Å². The SMILES string of the molecule is CN1CCN(C2(CN)CCN3CCC2C3)CC1. The highest BCUT2D eigenvalue weighted by molar-refractivity contribution is 5.05. The predicted octanol–water partition coefficient (Wildman–Crippen LogP) is -0.343. The van der Waals surface area contributed by atoms with Crippen molar-refractivity contribution in [3.8, 4) is 0 Å². The van der Waals surface area contributed by atoms with E-state index in [1.54, 1.807) is 0 Å². The van der Waals surface area contributed by atoms with Gasteiger partial charge in [0.25, 0.3) is 0 Å². The molecule has 3 aliphatic rings. The number of hydrogen-bond acceptors (Lipinski definition) is 4. The van der Waals surface area contributed by atoms with Gasteiger partial charge in [-0.05, 0) is 38.9 Å². The molecule has 3 heterocycles. The van der Waals surface area contributed by atoms with Gasteiger partial charge in [-0.15, -0.1) is 0 Å². The highest BCUT2D eigenvalue weighted by Gasteiger charge is 2.49. The normalized spacial score (nSPS) is 44.1. The molecule has 0 spiro atoms. The summed E-state index contributed by atoms with van der Waals surface area (Å²) in [4.78, 5) is 7.78. The number of fused-ring (bicyclic) bond motifs is 2. The first-order valence-corrected chi connectivity index (χ1v) is 7.10. The van der Waals surface area contributed by atoms with Gasteiger partial charge >= 0.3 is 0 Å². The summed E-state index contributed by atoms with van der Waals surface area (Å²) < 4.78 is 0. The Bertz CT molecular complexity index is 275. The van der Waals surface area contributed by atoms with Gasteiger partial charge in [-0.2, -0.15) is 0 Å². The first kappa shape index (κ1) is 11.9. The van der Waals surface area contributed by atoms with Crippen LogP contribution in [0, 0.1) is 5.92 Å². The molecular formula is C13H26N4. The maximum Gasteiger partial charge on any atom is 0.0385 e. The fourth-order valence-corrected chi connectivity index (χ4v) is 4.10. The summed E-state index contributed by atoms with van der Waals surface area (Å²) in [7, 11) is 2.23. The smallest absolute Gasteiger partial charge is 0.0385 e. The second-order valence-electron chi connectivity index (χ2n) is 6.13. The summed E-state index contributed by atoms with van der Waals surface area (Å²) in [6.45, 7) is 9.56. The molecule has 3 fully saturated rings. The third-order valence-electron chi connectivity index (χ3n) is 5.38. The van der Waals surface area contributed by atoms with Crippen molar-refractivity contribution in [3.05, 3.63) is 0 Å². The quantitative estimate of drug-likeness (QED) is 0.714. The van der Waals surface area contributed by atoms with E-state index in [-0.39, 0.29) is 0 Å². The molecule has 0 saturated carbocycles. The molecule has 3 aliphatic heterocycles. The average Bonchev–Trinajstić information content (AvgIpc) is 2.76. The van der Waals surface area contributed by atoms with E-state index < -0.39 is 0 Å². The Labute approximate surface area is 105 Å². The molecule has 0 aromatic carbocycles. The Morgan fingerprint density at radius 3 is 2.59 bits per heavy atom. The maximum absolute atomic E-state index is 6.21. The lowest BCUT2D eigenvalue weighted by atomic mass is 9.77. The number of nitrogens with two attached hydrogens (primary N) is 1. The molecule has 98 valence electrons. The van der Waals surface area contributed by atoms with Gasteiger partial charge in [0.1, 0.15) is 0 Å². The van der Waals surface area contributed by atoms with Gasteiger partial charge in [-0.25, -0.2) is 0 Å². The molecular weight excluding hydrogens is 212 g/mol. The Hall–Kier alpha value is -0.160. The van der Waals surface area contributed by atoms with Crippen LogP contribution in [0.15, 0.2) is 0 Å². The van der Waals surface area contributed by atoms with E-state index in [1.807, 2.05) is 0 Å². The van der Waals surface area contributed by atoms with Gasteiger partial charge in [0.2, 0.25) is 0 Å². The van der Waals surface area contributed by atoms with Crippen molar-refractivity contribution in [2.45, 2.75) is 18.4 Å². The lowest BCUT2D eigenvalue weighted by molar-refractivity contribution is -0.0181. The Kier molecular flexibility index (Phi) is 3.15. The third-order valence-corrected chi connectivity index (χ3v) is 5.38. The average molecular weight is 238 g/mol. The zero-order chi connectivity index (χ0) is 11.9. The Morgan fingerprint density at radius 2 is 1.88 bits per heavy atom. The first-order valence-electron chi connectivity index (χ1n) is 7.10. The zero-order valence-electron chi connectivity index (χ0n) is 11.1. The second kappa shape index (κ2) is 4.50. The van der Waals surface area contributed by atoms with Crippen LogP contribution < -0.4 is 5.73 Å². The van der Waals surface area contributed by atoms with E-state index in [0.717, 1.165) is 12.5 Å². The lowest BCUT2D eigenvalue weighted by Crippen LogP contribution is -2.65. The van der Waals surface area contributed by atoms with Crippen molar-refractivity contribution in [1.82, 2.24) is 14.7 Å². The number of piperazine rings is 1. The largest absolute Gasteiger partial charge is 0.329 e. The Balaban J connectivity index is 1.76. The summed E-state index contributed by atoms with van der Waals surface area (Å²) in [6, 6.07) is 0. The van der Waals surface area contributed by atoms with E-state index in [0.29, 0.717) is 5.54 Å². The fraction of sp³-hybridized carbons (Fsp3) is 1.00. The van der Waals surface area contributed by atoms with E-state index in [4.69, 9.17) is 5.73 Å². The van der Waals surface area contributed by atoms with Crippen LogP contribution in [-0.2, 0) is 0 Å². The summed E-state index contributed by atoms with van der Waals surface area (Å²) in [5.74, 6) is 0.824. The molecule has 0 aromatic rings. The number of piperidine rings is 1. The van der Waals surface area contributed by atoms with Gasteiger partial charge < -0.3 is 15.5 Å². The minimum absolute atomic E-state index is 0.328. The van der Waals surface area contributed by atoms with Gasteiger partial charge in [0, 0.05) is 44.8 Å². The maximum atomic E-state index is 6.21. The van der Waals surface area contributed by atoms with Crippen LogP contribution in [0.2, 0.25) is 0 Å². The topological polar surface area (TPSA) is 35.7 Å². The monoisotopic (exact) mass is 238 g/mol. The molecule has 3 atom stereocenters. The van der Waals surface area contributed by atoms with Crippen molar-refractivity contribution in [2.24, 2.45) is 11.7 Å². The molecule has 2 N–H and O–H groups in total. The highest BCUT2D eigenvalue weighted by Crippen LogP contribution is 2.39. The van der Waals surface area contributed by atoms with Crippen LogP contribution in [0.4, 0.5) is 0 Å². The van der Waals surface area contributed by atoms with Crippen molar-refractivity contribution in [3.63, 3.8) is 0 Å². The summed E-state index contributed by atoms with van der Waals surface area (Å²) in [5, 5.41) is 0. The lowest BCUT2D eigenvalue weighted by Gasteiger charge is -2.52. The Morgan fingerprint density at radius 1 is 1.12 bits per heavy atom. The zero-order valence-corrected chi connectivity index (χ0v) is 11.1. The van der Waals surface area contributed by atoms with E-state index in [2.05, 4.69) is 21.7 Å². The molecule has 0 aromatic heterocycles. The molecule has 0 radical (unpaired) electrons. The van der Waals surface area contributed by atoms with Crippen LogP contribution in [0.1, 0.15) is 12.8 Å². The molecule has 4 nitrogen and oxygen atoms in total. The summed E-state index contributed by atoms with van der Waals surface area (Å²) in [6.07, 6.45) is 2.65. The van der Waals surface area contributed by atoms with Gasteiger partial charge in [0.15, 0.2) is 0 Å². The van der Waals surface area contributed by atoms with Crippen LogP contribution in [0.25, 0.3) is 0 Å². The second-order valence-corrected chi connectivity index (χ2v) is 6.13. The molecule has 2 bridgehead atoms. The van der Waals surface area contributed by atoms with Crippen molar-refractivity contribution >= 4 is 0 Å². The van der Waals surface area contributed by atoms with E-state index in [1.165, 1.54) is 58.7 Å². The number of rotatable bonds is 2. The van der Waals surface area contributed by atoms with Crippen molar-refractivity contribution in [2.75, 3.05) is 59.4 Å². The van der Waals surface area contributed by atoms with Crippen LogP contribution >= 0.6 is 0 Å². The molecule has 3 rings (SSSR count). The molecule has 3 unspecified atom stereocenters. The molecule has 17 heavy (non-hydrogen) atoms. The standard InChI is InChI=1S/C13H26N4/c1-15-6-8-17(9-7-15)13(11-14)3-5-16-4-2-12(13)10-16/h12H,2-11,14H2,1H3. The molecule has 0 aliphatic carbocycles. The third kappa shape index (κ3) is 1.91. The van der Waals surface area contributed by atoms with Crippen LogP contribution in [0.3, 0.4) is 0 Å². The minimum Gasteiger partial charge on any atom is -0.329 e. The molecule has 3 saturated heterocycles. The first-order chi connectivity index (χ1) is 8.24. The minimum atomic E-state index is 0.328. The number of likely N-dealkylation sites (N-methyl/N-ethyl adjacent to an activating group) is 1. The fourth-order valence-electron chi connectivity index (χ4n) is 4.10. The number of nitrogens with zero attached hydrogens (tertiary/aromatic N) is 3.